The first-order valence-corrected chi connectivity index (χ1v) is 15.8. The predicted molar refractivity (Wildman–Crippen MR) is 164 cm³/mol. The fourth-order valence-electron chi connectivity index (χ4n) is 6.31. The van der Waals surface area contributed by atoms with Crippen molar-refractivity contribution in [2.24, 2.45) is 11.5 Å². The second kappa shape index (κ2) is 12.9. The maximum absolute atomic E-state index is 13.8. The van der Waals surface area contributed by atoms with E-state index in [9.17, 15) is 39.6 Å². The molecule has 46 heavy (non-hydrogen) atoms. The Bertz CT molecular complexity index is 1590. The minimum Gasteiger partial charge on any atom is -0.507 e. The van der Waals surface area contributed by atoms with Crippen molar-refractivity contribution in [3.63, 3.8) is 0 Å². The maximum Gasteiger partial charge on any atom is 0.235 e. The van der Waals surface area contributed by atoms with Crippen molar-refractivity contribution in [2.75, 3.05) is 25.7 Å². The number of ketones is 3. The number of phenols is 2. The van der Waals surface area contributed by atoms with Gasteiger partial charge in [0, 0.05) is 47.7 Å². The lowest BCUT2D eigenvalue weighted by molar-refractivity contribution is -0.247. The summed E-state index contributed by atoms with van der Waals surface area (Å²) in [5.74, 6) is -4.18. The Labute approximate surface area is 268 Å². The number of thioether (sulfide) groups is 1. The number of fused-ring (bicyclic) bond motifs is 3. The van der Waals surface area contributed by atoms with Crippen molar-refractivity contribution >= 4 is 35.0 Å². The third-order valence-corrected chi connectivity index (χ3v) is 9.91. The van der Waals surface area contributed by atoms with Gasteiger partial charge in [-0.25, -0.2) is 0 Å². The number of rotatable bonds is 10. The zero-order valence-electron chi connectivity index (χ0n) is 25.4. The Kier molecular flexibility index (Phi) is 9.48. The van der Waals surface area contributed by atoms with E-state index in [-0.39, 0.29) is 45.9 Å². The second-order valence-corrected chi connectivity index (χ2v) is 12.8. The molecule has 14 nitrogen and oxygen atoms in total. The number of ether oxygens (including phenoxy) is 3. The Morgan fingerprint density at radius 2 is 1.87 bits per heavy atom. The number of phenolic OH excluding ortho intramolecular Hbond substituents is 2. The Hall–Kier alpha value is -3.57. The number of carbonyl (C=O) groups is 4. The van der Waals surface area contributed by atoms with E-state index in [1.54, 1.807) is 14.0 Å². The number of primary amides is 1. The monoisotopic (exact) mass is 659 g/mol. The molecule has 15 heteroatoms. The van der Waals surface area contributed by atoms with Gasteiger partial charge in [-0.05, 0) is 20.0 Å². The van der Waals surface area contributed by atoms with Gasteiger partial charge in [-0.15, -0.1) is 0 Å². The van der Waals surface area contributed by atoms with Crippen LogP contribution < -0.4 is 21.5 Å². The number of likely N-dealkylation sites (N-methyl/N-ethyl adjacent to an activating group) is 1. The number of hydrogen-bond donors (Lipinski definition) is 7. The smallest absolute Gasteiger partial charge is 0.235 e. The van der Waals surface area contributed by atoms with E-state index in [1.165, 1.54) is 25.3 Å². The molecule has 7 atom stereocenters. The standard InChI is InChI=1S/C31H37N3O11S/c1-12-25(36)15(32)7-20(44-12)45-18-9-31(42,19(35)11-46-10-16(34-2)30(33)41)8-14-22(18)29(40)24-23(27(14)38)26(37)13-5-4-6-17(43-3)21(13)28(24)39/h4-6,12,15-16,18,20,25,34,36,38,40,42H,7-11,32H2,1-3H3,(H2,33,41)/t12?,15?,16-,18?,20?,25?,31-/m0/s1. The molecule has 1 heterocycles. The molecule has 0 radical (unpaired) electrons. The first-order chi connectivity index (χ1) is 21.7. The number of methoxy groups -OCH3 is 1. The van der Waals surface area contributed by atoms with Crippen molar-refractivity contribution in [3.05, 3.63) is 51.6 Å². The van der Waals surface area contributed by atoms with Gasteiger partial charge in [0.05, 0.1) is 53.9 Å². The van der Waals surface area contributed by atoms with E-state index in [1.807, 2.05) is 0 Å². The van der Waals surface area contributed by atoms with Crippen molar-refractivity contribution in [1.82, 2.24) is 5.32 Å². The number of benzene rings is 2. The van der Waals surface area contributed by atoms with Crippen molar-refractivity contribution in [2.45, 2.75) is 68.5 Å². The Morgan fingerprint density at radius 1 is 1.17 bits per heavy atom. The number of nitrogens with one attached hydrogen (secondary N) is 1. The van der Waals surface area contributed by atoms with Crippen molar-refractivity contribution in [3.8, 4) is 17.2 Å². The largest absolute Gasteiger partial charge is 0.507 e. The first kappa shape index (κ1) is 33.8. The van der Waals surface area contributed by atoms with Gasteiger partial charge in [0.15, 0.2) is 17.9 Å². The SMILES string of the molecule is CN[C@@H](CSCC(=O)[C@]1(O)Cc2c(O)c3c(c(O)c2C(OC2CC(N)C(O)C(C)O2)C1)C(=O)c1c(OC)cccc1C3=O)C(N)=O. The zero-order valence-corrected chi connectivity index (χ0v) is 26.3. The molecule has 5 rings (SSSR count). The highest BCUT2D eigenvalue weighted by molar-refractivity contribution is 8.00. The summed E-state index contributed by atoms with van der Waals surface area (Å²) in [6.07, 6.45) is -5.07. The van der Waals surface area contributed by atoms with Crippen LogP contribution in [0.3, 0.4) is 0 Å². The molecule has 3 aliphatic rings. The van der Waals surface area contributed by atoms with E-state index in [0.717, 1.165) is 11.8 Å². The van der Waals surface area contributed by atoms with Crippen LogP contribution in [0.25, 0.3) is 0 Å². The summed E-state index contributed by atoms with van der Waals surface area (Å²) in [5, 5.41) is 48.1. The molecule has 1 amide bonds. The third-order valence-electron chi connectivity index (χ3n) is 8.87. The molecular weight excluding hydrogens is 622 g/mol. The molecule has 2 aromatic carbocycles. The van der Waals surface area contributed by atoms with Crippen LogP contribution in [0.4, 0.5) is 0 Å². The maximum atomic E-state index is 13.8. The summed E-state index contributed by atoms with van der Waals surface area (Å²) in [7, 11) is 2.87. The van der Waals surface area contributed by atoms with Gasteiger partial charge in [0.2, 0.25) is 11.7 Å². The molecule has 1 aliphatic heterocycles. The minimum atomic E-state index is -2.17. The average Bonchev–Trinajstić information content (AvgIpc) is 3.01. The minimum absolute atomic E-state index is 0.0117. The van der Waals surface area contributed by atoms with Crippen LogP contribution in [0.1, 0.15) is 68.8 Å². The molecule has 0 aromatic heterocycles. The molecule has 9 N–H and O–H groups in total. The molecule has 5 unspecified atom stereocenters. The van der Waals surface area contributed by atoms with E-state index in [4.69, 9.17) is 25.7 Å². The summed E-state index contributed by atoms with van der Waals surface area (Å²) < 4.78 is 17.3. The number of aromatic hydroxyl groups is 2. The molecule has 0 saturated carbocycles. The van der Waals surface area contributed by atoms with Gasteiger partial charge in [-0.2, -0.15) is 11.8 Å². The Morgan fingerprint density at radius 3 is 2.50 bits per heavy atom. The predicted octanol–water partition coefficient (Wildman–Crippen LogP) is -0.184. The van der Waals surface area contributed by atoms with E-state index < -0.39 is 101 Å². The topological polar surface area (TPSA) is 241 Å². The summed E-state index contributed by atoms with van der Waals surface area (Å²) >= 11 is 1.05. The second-order valence-electron chi connectivity index (χ2n) is 11.8. The highest BCUT2D eigenvalue weighted by Gasteiger charge is 2.50. The molecule has 0 bridgehead atoms. The quantitative estimate of drug-likeness (QED) is 0.140. The molecule has 2 aromatic rings. The van der Waals surface area contributed by atoms with Crippen LogP contribution in [0, 0.1) is 0 Å². The normalized spacial score (nSPS) is 27.7. The summed E-state index contributed by atoms with van der Waals surface area (Å²) in [5.41, 5.74) is 7.95. The lowest BCUT2D eigenvalue weighted by Crippen LogP contribution is -2.53. The number of aliphatic hydroxyl groups excluding tert-OH is 1. The van der Waals surface area contributed by atoms with Crippen LogP contribution in [0.15, 0.2) is 18.2 Å². The van der Waals surface area contributed by atoms with Crippen LogP contribution in [-0.4, -0.2) is 106 Å². The van der Waals surface area contributed by atoms with Crippen LogP contribution in [-0.2, 0) is 25.5 Å². The molecule has 0 spiro atoms. The van der Waals surface area contributed by atoms with Crippen LogP contribution >= 0.6 is 11.8 Å². The average molecular weight is 660 g/mol. The summed E-state index contributed by atoms with van der Waals surface area (Å²) in [4.78, 5) is 52.7. The molecule has 2 aliphatic carbocycles. The summed E-state index contributed by atoms with van der Waals surface area (Å²) in [6.45, 7) is 1.59. The number of carbonyl (C=O) groups excluding carboxylic acids is 4. The molecule has 1 saturated heterocycles. The number of Topliss-reactive ketones (excluding diaryl/α,β-unsaturated/α-hetero) is 1. The third kappa shape index (κ3) is 5.76. The van der Waals surface area contributed by atoms with Gasteiger partial charge < -0.3 is 51.4 Å². The highest BCUT2D eigenvalue weighted by Crippen LogP contribution is 2.52. The molecule has 1 fully saturated rings. The van der Waals surface area contributed by atoms with Gasteiger partial charge in [-0.1, -0.05) is 12.1 Å². The highest BCUT2D eigenvalue weighted by atomic mass is 32.2. The molecular formula is C31H37N3O11S. The van der Waals surface area contributed by atoms with E-state index in [0.29, 0.717) is 0 Å². The van der Waals surface area contributed by atoms with Gasteiger partial charge in [-0.3, -0.25) is 19.2 Å². The van der Waals surface area contributed by atoms with Crippen molar-refractivity contribution < 1.29 is 53.8 Å². The van der Waals surface area contributed by atoms with Crippen molar-refractivity contribution in [1.29, 1.82) is 0 Å². The zero-order chi connectivity index (χ0) is 33.7. The lowest BCUT2D eigenvalue weighted by atomic mass is 9.72. The van der Waals surface area contributed by atoms with E-state index >= 15 is 0 Å². The van der Waals surface area contributed by atoms with Crippen LogP contribution in [0.2, 0.25) is 0 Å². The summed E-state index contributed by atoms with van der Waals surface area (Å²) in [6, 6.07) is 2.92. The van der Waals surface area contributed by atoms with Gasteiger partial charge in [0.1, 0.15) is 22.8 Å². The molecule has 248 valence electrons. The van der Waals surface area contributed by atoms with Crippen LogP contribution in [0.5, 0.6) is 17.2 Å². The number of amides is 1. The fourth-order valence-corrected chi connectivity index (χ4v) is 7.45. The van der Waals surface area contributed by atoms with Gasteiger partial charge >= 0.3 is 0 Å². The number of hydrogen-bond acceptors (Lipinski definition) is 14. The number of aliphatic hydroxyl groups is 2. The van der Waals surface area contributed by atoms with Gasteiger partial charge in [0.25, 0.3) is 0 Å². The Balaban J connectivity index is 1.59. The number of nitrogens with two attached hydrogens (primary N) is 2. The first-order valence-electron chi connectivity index (χ1n) is 14.7. The van der Waals surface area contributed by atoms with E-state index in [2.05, 4.69) is 5.32 Å². The fraction of sp³-hybridized carbons (Fsp3) is 0.484. The lowest BCUT2D eigenvalue weighted by Gasteiger charge is -2.42.